The van der Waals surface area contributed by atoms with E-state index >= 15 is 0 Å². The van der Waals surface area contributed by atoms with Crippen LogP contribution in [0.4, 0.5) is 0 Å². The standard InChI is InChI=1S/C19H25NO4S/c1-4-24-10-5-8-20-18(22)16(17(19(20)23)25-11-9-21)15-7-6-13(2)12-14(15)3/h6-7,12,21H,4-5,8-11H2,1-3H3. The summed E-state index contributed by atoms with van der Waals surface area (Å²) in [7, 11) is 0. The number of aliphatic hydroxyl groups is 1. The molecule has 0 radical (unpaired) electrons. The topological polar surface area (TPSA) is 66.8 Å². The van der Waals surface area contributed by atoms with Crippen molar-refractivity contribution in [3.63, 3.8) is 0 Å². The Morgan fingerprint density at radius 3 is 2.60 bits per heavy atom. The van der Waals surface area contributed by atoms with Gasteiger partial charge in [0.2, 0.25) is 0 Å². The molecule has 1 heterocycles. The van der Waals surface area contributed by atoms with E-state index in [9.17, 15) is 9.59 Å². The number of aryl methyl sites for hydroxylation is 2. The Morgan fingerprint density at radius 1 is 1.20 bits per heavy atom. The van der Waals surface area contributed by atoms with Crippen LogP contribution in [0.3, 0.4) is 0 Å². The predicted octanol–water partition coefficient (Wildman–Crippen LogP) is 2.54. The van der Waals surface area contributed by atoms with Gasteiger partial charge in [0.1, 0.15) is 0 Å². The molecule has 0 aromatic heterocycles. The van der Waals surface area contributed by atoms with Crippen molar-refractivity contribution in [2.75, 3.05) is 32.1 Å². The van der Waals surface area contributed by atoms with Crippen molar-refractivity contribution in [3.05, 3.63) is 39.8 Å². The number of nitrogens with zero attached hydrogens (tertiary/aromatic N) is 1. The van der Waals surface area contributed by atoms with Crippen molar-refractivity contribution < 1.29 is 19.4 Å². The summed E-state index contributed by atoms with van der Waals surface area (Å²) in [5, 5.41) is 9.12. The zero-order chi connectivity index (χ0) is 18.4. The lowest BCUT2D eigenvalue weighted by atomic mass is 9.99. The van der Waals surface area contributed by atoms with Crippen LogP contribution in [0.25, 0.3) is 5.57 Å². The lowest BCUT2D eigenvalue weighted by molar-refractivity contribution is -0.136. The van der Waals surface area contributed by atoms with Crippen LogP contribution in [-0.4, -0.2) is 53.9 Å². The van der Waals surface area contributed by atoms with E-state index in [0.29, 0.717) is 42.4 Å². The van der Waals surface area contributed by atoms with Gasteiger partial charge in [-0.05, 0) is 38.3 Å². The van der Waals surface area contributed by atoms with Crippen molar-refractivity contribution in [2.24, 2.45) is 0 Å². The zero-order valence-electron chi connectivity index (χ0n) is 15.0. The average molecular weight is 363 g/mol. The van der Waals surface area contributed by atoms with Crippen molar-refractivity contribution in [2.45, 2.75) is 27.2 Å². The second-order valence-electron chi connectivity index (χ2n) is 5.91. The van der Waals surface area contributed by atoms with Gasteiger partial charge in [0.25, 0.3) is 11.8 Å². The fourth-order valence-corrected chi connectivity index (χ4v) is 3.71. The fraction of sp³-hybridized carbons (Fsp3) is 0.474. The van der Waals surface area contributed by atoms with Crippen LogP contribution in [0.1, 0.15) is 30.0 Å². The molecule has 1 aliphatic heterocycles. The molecule has 2 amide bonds. The summed E-state index contributed by atoms with van der Waals surface area (Å²) >= 11 is 1.25. The maximum absolute atomic E-state index is 12.9. The summed E-state index contributed by atoms with van der Waals surface area (Å²) in [6.45, 7) is 7.29. The minimum atomic E-state index is -0.269. The first-order chi connectivity index (χ1) is 12.0. The third-order valence-electron chi connectivity index (χ3n) is 3.99. The van der Waals surface area contributed by atoms with Gasteiger partial charge in [-0.15, -0.1) is 11.8 Å². The first-order valence-corrected chi connectivity index (χ1v) is 9.49. The highest BCUT2D eigenvalue weighted by Gasteiger charge is 2.39. The number of amides is 2. The Balaban J connectivity index is 2.32. The second kappa shape index (κ2) is 9.17. The Kier molecular flexibility index (Phi) is 7.23. The highest BCUT2D eigenvalue weighted by atomic mass is 32.2. The van der Waals surface area contributed by atoms with Gasteiger partial charge in [-0.3, -0.25) is 14.5 Å². The maximum atomic E-state index is 12.9. The number of carbonyl (C=O) groups excluding carboxylic acids is 2. The third-order valence-corrected chi connectivity index (χ3v) is 5.04. The van der Waals surface area contributed by atoms with Crippen molar-refractivity contribution in [1.29, 1.82) is 0 Å². The van der Waals surface area contributed by atoms with Gasteiger partial charge in [-0.1, -0.05) is 23.8 Å². The Bertz CT molecular complexity index is 684. The van der Waals surface area contributed by atoms with Crippen LogP contribution in [-0.2, 0) is 14.3 Å². The van der Waals surface area contributed by atoms with E-state index in [0.717, 1.165) is 16.7 Å². The van der Waals surface area contributed by atoms with Crippen LogP contribution < -0.4 is 0 Å². The number of hydrogen-bond acceptors (Lipinski definition) is 5. The van der Waals surface area contributed by atoms with E-state index in [1.165, 1.54) is 16.7 Å². The average Bonchev–Trinajstić information content (AvgIpc) is 2.81. The number of hydrogen-bond donors (Lipinski definition) is 1. The highest BCUT2D eigenvalue weighted by molar-refractivity contribution is 8.04. The van der Waals surface area contributed by atoms with Gasteiger partial charge in [-0.2, -0.15) is 0 Å². The molecule has 0 bridgehead atoms. The summed E-state index contributed by atoms with van der Waals surface area (Å²) in [5.74, 6) is -0.140. The summed E-state index contributed by atoms with van der Waals surface area (Å²) in [4.78, 5) is 27.4. The molecule has 0 unspecified atom stereocenters. The lowest BCUT2D eigenvalue weighted by Crippen LogP contribution is -2.33. The Morgan fingerprint density at radius 2 is 1.96 bits per heavy atom. The molecule has 0 fully saturated rings. The van der Waals surface area contributed by atoms with E-state index in [1.54, 1.807) is 0 Å². The minimum absolute atomic E-state index is 0.0415. The van der Waals surface area contributed by atoms with Gasteiger partial charge >= 0.3 is 0 Å². The summed E-state index contributed by atoms with van der Waals surface area (Å²) in [6, 6.07) is 5.85. The van der Waals surface area contributed by atoms with E-state index < -0.39 is 0 Å². The maximum Gasteiger partial charge on any atom is 0.267 e. The molecule has 6 heteroatoms. The lowest BCUT2D eigenvalue weighted by Gasteiger charge is -2.15. The SMILES string of the molecule is CCOCCCN1C(=O)C(SCCO)=C(c2ccc(C)cc2C)C1=O. The van der Waals surface area contributed by atoms with Crippen LogP contribution in [0.5, 0.6) is 0 Å². The largest absolute Gasteiger partial charge is 0.396 e. The second-order valence-corrected chi connectivity index (χ2v) is 7.01. The molecule has 0 atom stereocenters. The smallest absolute Gasteiger partial charge is 0.267 e. The van der Waals surface area contributed by atoms with Crippen molar-refractivity contribution >= 4 is 29.1 Å². The van der Waals surface area contributed by atoms with Gasteiger partial charge in [0, 0.05) is 25.5 Å². The molecule has 5 nitrogen and oxygen atoms in total. The molecule has 0 aliphatic carbocycles. The van der Waals surface area contributed by atoms with Gasteiger partial charge in [-0.25, -0.2) is 0 Å². The number of thioether (sulfide) groups is 1. The van der Waals surface area contributed by atoms with Crippen LogP contribution in [0.15, 0.2) is 23.1 Å². The molecular weight excluding hydrogens is 338 g/mol. The highest BCUT2D eigenvalue weighted by Crippen LogP contribution is 2.37. The molecular formula is C19H25NO4S. The van der Waals surface area contributed by atoms with E-state index in [4.69, 9.17) is 9.84 Å². The molecule has 0 saturated carbocycles. The molecule has 25 heavy (non-hydrogen) atoms. The third kappa shape index (κ3) is 4.51. The molecule has 0 spiro atoms. The van der Waals surface area contributed by atoms with Gasteiger partial charge < -0.3 is 9.84 Å². The summed E-state index contributed by atoms with van der Waals surface area (Å²) < 4.78 is 5.30. The molecule has 1 N–H and O–H groups in total. The number of imide groups is 1. The predicted molar refractivity (Wildman–Crippen MR) is 100 cm³/mol. The first kappa shape index (κ1) is 19.7. The van der Waals surface area contributed by atoms with Gasteiger partial charge in [0.05, 0.1) is 17.1 Å². The number of rotatable bonds is 9. The Labute approximate surface area is 153 Å². The number of carbonyl (C=O) groups is 2. The fourth-order valence-electron chi connectivity index (χ4n) is 2.84. The normalized spacial score (nSPS) is 14.8. The molecule has 136 valence electrons. The number of aliphatic hydroxyl groups excluding tert-OH is 1. The van der Waals surface area contributed by atoms with E-state index in [1.807, 2.05) is 39.0 Å². The van der Waals surface area contributed by atoms with Crippen LogP contribution >= 0.6 is 11.8 Å². The van der Waals surface area contributed by atoms with Crippen molar-refractivity contribution in [3.8, 4) is 0 Å². The number of ether oxygens (including phenoxy) is 1. The monoisotopic (exact) mass is 363 g/mol. The number of benzene rings is 1. The first-order valence-electron chi connectivity index (χ1n) is 8.50. The molecule has 2 rings (SSSR count). The van der Waals surface area contributed by atoms with Crippen LogP contribution in [0.2, 0.25) is 0 Å². The van der Waals surface area contributed by atoms with Crippen molar-refractivity contribution in [1.82, 2.24) is 4.90 Å². The van der Waals surface area contributed by atoms with E-state index in [2.05, 4.69) is 0 Å². The minimum Gasteiger partial charge on any atom is -0.396 e. The van der Waals surface area contributed by atoms with E-state index in [-0.39, 0.29) is 18.4 Å². The summed E-state index contributed by atoms with van der Waals surface area (Å²) in [5.41, 5.74) is 3.32. The zero-order valence-corrected chi connectivity index (χ0v) is 15.8. The quantitative estimate of drug-likeness (QED) is 0.539. The summed E-state index contributed by atoms with van der Waals surface area (Å²) in [6.07, 6.45) is 0.615. The molecule has 1 aliphatic rings. The Hall–Kier alpha value is -1.63. The molecule has 1 aromatic carbocycles. The molecule has 1 aromatic rings. The van der Waals surface area contributed by atoms with Crippen LogP contribution in [0, 0.1) is 13.8 Å². The molecule has 0 saturated heterocycles. The van der Waals surface area contributed by atoms with Gasteiger partial charge in [0.15, 0.2) is 0 Å².